The van der Waals surface area contributed by atoms with Gasteiger partial charge in [0.25, 0.3) is 12.1 Å². The Hall–Kier alpha value is -4.10. The molecule has 0 spiro atoms. The molecular formula is C19H11F7N3O4+. The molecule has 0 aliphatic heterocycles. The number of amides is 1. The zero-order valence-corrected chi connectivity index (χ0v) is 15.9. The van der Waals surface area contributed by atoms with E-state index in [1.54, 1.807) is 0 Å². The Labute approximate surface area is 179 Å². The van der Waals surface area contributed by atoms with Crippen LogP contribution in [0.4, 0.5) is 36.4 Å². The van der Waals surface area contributed by atoms with Gasteiger partial charge in [0.05, 0.1) is 11.3 Å². The summed E-state index contributed by atoms with van der Waals surface area (Å²) in [6, 6.07) is 5.80. The zero-order valence-electron chi connectivity index (χ0n) is 15.9. The maximum atomic E-state index is 14.7. The van der Waals surface area contributed by atoms with Crippen molar-refractivity contribution in [3.05, 3.63) is 71.8 Å². The maximum Gasteiger partial charge on any atom is 0.573 e. The third-order valence-corrected chi connectivity index (χ3v) is 3.88. The van der Waals surface area contributed by atoms with Crippen LogP contribution in [0.1, 0.15) is 15.9 Å². The van der Waals surface area contributed by atoms with Gasteiger partial charge < -0.3 is 14.8 Å². The molecule has 0 unspecified atom stereocenters. The number of carbonyl (C=O) groups excluding carboxylic acids is 1. The number of hydrogen-bond donors (Lipinski definition) is 2. The minimum Gasteiger partial charge on any atom is -0.456 e. The second-order valence-corrected chi connectivity index (χ2v) is 6.21. The van der Waals surface area contributed by atoms with Crippen LogP contribution in [0.25, 0.3) is 0 Å². The van der Waals surface area contributed by atoms with Crippen LogP contribution < -0.4 is 19.6 Å². The SMILES string of the molecule is O=C(Nc1cc[n+](O)nc1)c1c(Oc2ccc(OC(F)(F)F)cc2)ccc(C(F)(F)F)c1F. The molecule has 174 valence electrons. The van der Waals surface area contributed by atoms with Crippen molar-refractivity contribution in [1.82, 2.24) is 5.10 Å². The molecule has 0 radical (unpaired) electrons. The van der Waals surface area contributed by atoms with E-state index in [9.17, 15) is 35.5 Å². The first kappa shape index (κ1) is 23.6. The smallest absolute Gasteiger partial charge is 0.456 e. The molecule has 2 aromatic carbocycles. The molecule has 0 saturated heterocycles. The predicted molar refractivity (Wildman–Crippen MR) is 94.2 cm³/mol. The Morgan fingerprint density at radius 2 is 1.61 bits per heavy atom. The van der Waals surface area contributed by atoms with Crippen LogP contribution in [0.3, 0.4) is 0 Å². The largest absolute Gasteiger partial charge is 0.573 e. The van der Waals surface area contributed by atoms with Gasteiger partial charge in [0.2, 0.25) is 0 Å². The number of ether oxygens (including phenoxy) is 2. The Morgan fingerprint density at radius 1 is 0.970 bits per heavy atom. The van der Waals surface area contributed by atoms with Gasteiger partial charge in [-0.1, -0.05) is 0 Å². The summed E-state index contributed by atoms with van der Waals surface area (Å²) < 4.78 is 99.9. The lowest BCUT2D eigenvalue weighted by atomic mass is 10.1. The highest BCUT2D eigenvalue weighted by atomic mass is 19.4. The highest BCUT2D eigenvalue weighted by Gasteiger charge is 2.37. The summed E-state index contributed by atoms with van der Waals surface area (Å²) in [7, 11) is 0. The lowest BCUT2D eigenvalue weighted by Crippen LogP contribution is -2.33. The van der Waals surface area contributed by atoms with Crippen molar-refractivity contribution in [3.63, 3.8) is 0 Å². The molecule has 2 N–H and O–H groups in total. The van der Waals surface area contributed by atoms with Crippen molar-refractivity contribution in [2.75, 3.05) is 5.32 Å². The van der Waals surface area contributed by atoms with Crippen LogP contribution in [0.5, 0.6) is 17.2 Å². The van der Waals surface area contributed by atoms with Gasteiger partial charge in [-0.3, -0.25) is 10.0 Å². The molecule has 1 heterocycles. The molecule has 0 saturated carbocycles. The average molecular weight is 478 g/mol. The number of nitrogens with one attached hydrogen (secondary N) is 1. The number of carbonyl (C=O) groups is 1. The molecule has 0 bridgehead atoms. The van der Waals surface area contributed by atoms with Crippen molar-refractivity contribution in [3.8, 4) is 17.2 Å². The minimum absolute atomic E-state index is 0.0956. The molecule has 0 aliphatic rings. The van der Waals surface area contributed by atoms with Crippen LogP contribution in [-0.2, 0) is 6.18 Å². The first-order chi connectivity index (χ1) is 15.3. The molecule has 7 nitrogen and oxygen atoms in total. The van der Waals surface area contributed by atoms with E-state index < -0.39 is 46.9 Å². The lowest BCUT2D eigenvalue weighted by molar-refractivity contribution is -0.948. The number of nitrogens with zero attached hydrogens (tertiary/aromatic N) is 2. The Bertz CT molecular complexity index is 1150. The Balaban J connectivity index is 1.96. The molecule has 14 heteroatoms. The van der Waals surface area contributed by atoms with Gasteiger partial charge in [-0.25, -0.2) is 4.39 Å². The normalized spacial score (nSPS) is 11.7. The number of anilines is 1. The van der Waals surface area contributed by atoms with Crippen molar-refractivity contribution in [2.45, 2.75) is 12.5 Å². The highest BCUT2D eigenvalue weighted by molar-refractivity contribution is 6.06. The molecule has 33 heavy (non-hydrogen) atoms. The van der Waals surface area contributed by atoms with E-state index in [1.165, 1.54) is 0 Å². The fraction of sp³-hybridized carbons (Fsp3) is 0.105. The number of alkyl halides is 6. The van der Waals surface area contributed by atoms with Crippen molar-refractivity contribution in [2.24, 2.45) is 0 Å². The van der Waals surface area contributed by atoms with E-state index in [4.69, 9.17) is 9.94 Å². The van der Waals surface area contributed by atoms with Crippen LogP contribution in [0.15, 0.2) is 54.9 Å². The molecule has 0 aliphatic carbocycles. The zero-order chi connectivity index (χ0) is 24.4. The quantitative estimate of drug-likeness (QED) is 0.315. The molecule has 0 fully saturated rings. The van der Waals surface area contributed by atoms with Gasteiger partial charge in [0.1, 0.15) is 33.9 Å². The number of benzene rings is 2. The van der Waals surface area contributed by atoms with E-state index >= 15 is 0 Å². The van der Waals surface area contributed by atoms with Gasteiger partial charge in [-0.05, 0) is 36.4 Å². The molecule has 1 amide bonds. The van der Waals surface area contributed by atoms with E-state index in [2.05, 4.69) is 15.2 Å². The van der Waals surface area contributed by atoms with Crippen molar-refractivity contribution < 1.29 is 55.1 Å². The van der Waals surface area contributed by atoms with Gasteiger partial charge in [0, 0.05) is 11.2 Å². The standard InChI is InChI=1S/C19H10F7N3O4/c20-16-13(18(21,22)23)5-6-14(15(16)17(30)28-10-7-8-29(31)27-9-10)32-11-1-3-12(4-2-11)33-19(24,25)26/h1-9,31H/p+1. The number of aromatic nitrogens is 2. The third kappa shape index (κ3) is 5.99. The summed E-state index contributed by atoms with van der Waals surface area (Å²) >= 11 is 0. The van der Waals surface area contributed by atoms with E-state index in [0.717, 1.165) is 42.7 Å². The Kier molecular flexibility index (Phi) is 6.28. The molecule has 1 aromatic heterocycles. The number of hydrogen-bond acceptors (Lipinski definition) is 5. The van der Waals surface area contributed by atoms with E-state index in [-0.39, 0.29) is 11.4 Å². The van der Waals surface area contributed by atoms with Crippen molar-refractivity contribution >= 4 is 11.6 Å². The van der Waals surface area contributed by atoms with Gasteiger partial charge >= 0.3 is 12.5 Å². The third-order valence-electron chi connectivity index (χ3n) is 3.88. The van der Waals surface area contributed by atoms with Gasteiger partial charge in [-0.2, -0.15) is 13.2 Å². The topological polar surface area (TPSA) is 84.6 Å². The highest BCUT2D eigenvalue weighted by Crippen LogP contribution is 2.37. The molecular weight excluding hydrogens is 467 g/mol. The van der Waals surface area contributed by atoms with Crippen LogP contribution in [0, 0.1) is 5.82 Å². The summed E-state index contributed by atoms with van der Waals surface area (Å²) in [6.45, 7) is 0. The summed E-state index contributed by atoms with van der Waals surface area (Å²) in [6.07, 6.45) is -8.17. The van der Waals surface area contributed by atoms with Gasteiger partial charge in [0.15, 0.2) is 5.82 Å². The lowest BCUT2D eigenvalue weighted by Gasteiger charge is -2.16. The van der Waals surface area contributed by atoms with Gasteiger partial charge in [-0.15, -0.1) is 13.2 Å². The Morgan fingerprint density at radius 3 is 2.15 bits per heavy atom. The minimum atomic E-state index is -5.13. The molecule has 3 aromatic rings. The van der Waals surface area contributed by atoms with E-state index in [0.29, 0.717) is 17.0 Å². The molecule has 3 rings (SSSR count). The second kappa shape index (κ2) is 8.80. The average Bonchev–Trinajstić information content (AvgIpc) is 2.69. The summed E-state index contributed by atoms with van der Waals surface area (Å²) in [5, 5.41) is 14.6. The summed E-state index contributed by atoms with van der Waals surface area (Å²) in [4.78, 5) is 13.0. The first-order valence-corrected chi connectivity index (χ1v) is 8.65. The summed E-state index contributed by atoms with van der Waals surface area (Å²) in [5.74, 6) is -4.76. The first-order valence-electron chi connectivity index (χ1n) is 8.65. The fourth-order valence-corrected chi connectivity index (χ4v) is 2.53. The molecule has 0 atom stereocenters. The predicted octanol–water partition coefficient (Wildman–Crippen LogP) is 4.71. The number of halogens is 7. The fourth-order valence-electron chi connectivity index (χ4n) is 2.53. The van der Waals surface area contributed by atoms with Crippen LogP contribution in [0.2, 0.25) is 0 Å². The number of rotatable bonds is 5. The summed E-state index contributed by atoms with van der Waals surface area (Å²) in [5.41, 5.74) is -2.96. The second-order valence-electron chi connectivity index (χ2n) is 6.21. The van der Waals surface area contributed by atoms with Crippen molar-refractivity contribution in [1.29, 1.82) is 0 Å². The van der Waals surface area contributed by atoms with Crippen LogP contribution >= 0.6 is 0 Å². The van der Waals surface area contributed by atoms with E-state index in [1.807, 2.05) is 0 Å². The van der Waals surface area contributed by atoms with Crippen LogP contribution in [-0.4, -0.2) is 22.6 Å². The maximum absolute atomic E-state index is 14.7. The monoisotopic (exact) mass is 478 g/mol.